The summed E-state index contributed by atoms with van der Waals surface area (Å²) in [6.07, 6.45) is 2.45. The number of nitrogens with one attached hydrogen (secondary N) is 1. The Morgan fingerprint density at radius 3 is 2.39 bits per heavy atom. The molecule has 1 aliphatic heterocycles. The average molecular weight is 457 g/mol. The molecule has 1 amide bonds. The highest BCUT2D eigenvalue weighted by atomic mass is 32.2. The zero-order chi connectivity index (χ0) is 22.6. The summed E-state index contributed by atoms with van der Waals surface area (Å²) >= 11 is 0.757. The van der Waals surface area contributed by atoms with E-state index >= 15 is 0 Å². The summed E-state index contributed by atoms with van der Waals surface area (Å²) in [7, 11) is 0. The lowest BCUT2D eigenvalue weighted by molar-refractivity contribution is -0.112. The van der Waals surface area contributed by atoms with E-state index in [-0.39, 0.29) is 16.5 Å². The summed E-state index contributed by atoms with van der Waals surface area (Å²) in [4.78, 5) is 23.6. The quantitative estimate of drug-likeness (QED) is 0.381. The van der Waals surface area contributed by atoms with Crippen molar-refractivity contribution in [3.63, 3.8) is 0 Å². The minimum Gasteiger partial charge on any atom is -0.367 e. The van der Waals surface area contributed by atoms with Crippen molar-refractivity contribution in [2.75, 3.05) is 0 Å². The molecule has 1 fully saturated rings. The number of amides is 1. The largest absolute Gasteiger partial charge is 0.367 e. The molecule has 3 aromatic carbocycles. The molecule has 0 saturated carbocycles. The molecule has 2 heterocycles. The fourth-order valence-electron chi connectivity index (χ4n) is 4.24. The van der Waals surface area contributed by atoms with Gasteiger partial charge in [-0.25, -0.2) is 0 Å². The van der Waals surface area contributed by atoms with Gasteiger partial charge in [-0.2, -0.15) is 0 Å². The number of rotatable bonds is 8. The number of ether oxygens (including phenoxy) is 1. The van der Waals surface area contributed by atoms with Gasteiger partial charge >= 0.3 is 0 Å². The molecule has 4 aromatic rings. The van der Waals surface area contributed by atoms with Crippen molar-refractivity contribution in [2.24, 2.45) is 0 Å². The standard InChI is InChI=1S/C27H24N2O3S/c30-26-23(28-27(31)33-26)16-21-12-7-13-24-22(21)14-15-29(24)17-25(20-10-5-2-6-11-20)32-18-19-8-3-1-4-9-19/h1-15,23,25H,16-18H2,(H,28,31). The van der Waals surface area contributed by atoms with Crippen molar-refractivity contribution in [2.45, 2.75) is 31.7 Å². The molecule has 33 heavy (non-hydrogen) atoms. The maximum Gasteiger partial charge on any atom is 0.287 e. The molecule has 5 rings (SSSR count). The van der Waals surface area contributed by atoms with Crippen LogP contribution in [0.25, 0.3) is 10.9 Å². The number of carbonyl (C=O) groups excluding carboxylic acids is 2. The van der Waals surface area contributed by atoms with Gasteiger partial charge in [-0.1, -0.05) is 72.8 Å². The number of aromatic nitrogens is 1. The second kappa shape index (κ2) is 9.65. The Bertz CT molecular complexity index is 1270. The summed E-state index contributed by atoms with van der Waals surface area (Å²) in [5.74, 6) is 0. The number of hydrogen-bond acceptors (Lipinski definition) is 4. The minimum absolute atomic E-state index is 0.113. The van der Waals surface area contributed by atoms with Crippen LogP contribution in [0.15, 0.2) is 91.1 Å². The van der Waals surface area contributed by atoms with E-state index in [1.54, 1.807) is 0 Å². The van der Waals surface area contributed by atoms with Crippen LogP contribution in [0.1, 0.15) is 22.8 Å². The van der Waals surface area contributed by atoms with E-state index in [0.29, 0.717) is 19.6 Å². The number of benzene rings is 3. The van der Waals surface area contributed by atoms with Crippen molar-refractivity contribution in [1.29, 1.82) is 0 Å². The van der Waals surface area contributed by atoms with E-state index in [2.05, 4.69) is 52.5 Å². The van der Waals surface area contributed by atoms with E-state index in [1.807, 2.05) is 48.5 Å². The zero-order valence-corrected chi connectivity index (χ0v) is 18.8. The van der Waals surface area contributed by atoms with Crippen molar-refractivity contribution >= 4 is 33.0 Å². The molecule has 2 unspecified atom stereocenters. The smallest absolute Gasteiger partial charge is 0.287 e. The topological polar surface area (TPSA) is 60.3 Å². The zero-order valence-electron chi connectivity index (χ0n) is 18.0. The first-order valence-electron chi connectivity index (χ1n) is 11.0. The molecule has 6 heteroatoms. The molecule has 0 aliphatic carbocycles. The van der Waals surface area contributed by atoms with Gasteiger partial charge in [-0.15, -0.1) is 0 Å². The van der Waals surface area contributed by atoms with Crippen LogP contribution in [-0.2, 0) is 29.1 Å². The summed E-state index contributed by atoms with van der Waals surface area (Å²) in [5.41, 5.74) is 4.40. The van der Waals surface area contributed by atoms with Crippen LogP contribution < -0.4 is 5.32 Å². The maximum atomic E-state index is 12.1. The molecule has 0 radical (unpaired) electrons. The van der Waals surface area contributed by atoms with Crippen LogP contribution in [0.5, 0.6) is 0 Å². The fourth-order valence-corrected chi connectivity index (χ4v) is 4.91. The van der Waals surface area contributed by atoms with Crippen molar-refractivity contribution < 1.29 is 14.3 Å². The normalized spacial score (nSPS) is 16.8. The first-order chi connectivity index (χ1) is 16.2. The summed E-state index contributed by atoms with van der Waals surface area (Å²) < 4.78 is 8.58. The molecular weight excluding hydrogens is 432 g/mol. The molecule has 166 valence electrons. The van der Waals surface area contributed by atoms with Gasteiger partial charge in [-0.3, -0.25) is 9.59 Å². The van der Waals surface area contributed by atoms with Gasteiger partial charge in [0.15, 0.2) is 0 Å². The lowest BCUT2D eigenvalue weighted by atomic mass is 10.0. The van der Waals surface area contributed by atoms with E-state index in [4.69, 9.17) is 4.74 Å². The van der Waals surface area contributed by atoms with Gasteiger partial charge in [0.05, 0.1) is 13.2 Å². The first-order valence-corrected chi connectivity index (χ1v) is 11.8. The maximum absolute atomic E-state index is 12.1. The Morgan fingerprint density at radius 1 is 0.909 bits per heavy atom. The van der Waals surface area contributed by atoms with Gasteiger partial charge in [0.2, 0.25) is 5.12 Å². The molecule has 2 atom stereocenters. The number of carbonyl (C=O) groups is 2. The summed E-state index contributed by atoms with van der Waals surface area (Å²) in [6.45, 7) is 1.20. The fraction of sp³-hybridized carbons (Fsp3) is 0.185. The van der Waals surface area contributed by atoms with Crippen LogP contribution in [-0.4, -0.2) is 21.0 Å². The van der Waals surface area contributed by atoms with Gasteiger partial charge < -0.3 is 14.6 Å². The predicted molar refractivity (Wildman–Crippen MR) is 131 cm³/mol. The van der Waals surface area contributed by atoms with Crippen LogP contribution in [0.3, 0.4) is 0 Å². The Labute approximate surface area is 196 Å². The Hall–Kier alpha value is -3.35. The molecule has 0 spiro atoms. The first kappa shape index (κ1) is 21.5. The molecule has 5 nitrogen and oxygen atoms in total. The second-order valence-electron chi connectivity index (χ2n) is 8.12. The van der Waals surface area contributed by atoms with Crippen molar-refractivity contribution in [3.05, 3.63) is 108 Å². The number of hydrogen-bond donors (Lipinski definition) is 1. The molecule has 1 saturated heterocycles. The third-order valence-corrected chi connectivity index (χ3v) is 6.71. The highest BCUT2D eigenvalue weighted by molar-refractivity contribution is 8.26. The Balaban J connectivity index is 1.39. The van der Waals surface area contributed by atoms with Crippen LogP contribution in [0.4, 0.5) is 4.79 Å². The monoisotopic (exact) mass is 456 g/mol. The lowest BCUT2D eigenvalue weighted by Gasteiger charge is -2.20. The lowest BCUT2D eigenvalue weighted by Crippen LogP contribution is -2.30. The number of fused-ring (bicyclic) bond motifs is 1. The SMILES string of the molecule is O=C1NC(Cc2cccc3c2ccn3CC(OCc2ccccc2)c2ccccc2)C(=O)S1. The number of thioether (sulfide) groups is 1. The Kier molecular flexibility index (Phi) is 6.28. The minimum atomic E-state index is -0.470. The van der Waals surface area contributed by atoms with Crippen LogP contribution in [0, 0.1) is 0 Å². The molecule has 1 aliphatic rings. The third-order valence-electron chi connectivity index (χ3n) is 5.93. The van der Waals surface area contributed by atoms with Gasteiger partial charge in [0.1, 0.15) is 12.1 Å². The van der Waals surface area contributed by atoms with Gasteiger partial charge in [0, 0.05) is 35.3 Å². The average Bonchev–Trinajstić information content (AvgIpc) is 3.40. The van der Waals surface area contributed by atoms with E-state index in [9.17, 15) is 9.59 Å². The molecule has 1 N–H and O–H groups in total. The highest BCUT2D eigenvalue weighted by Crippen LogP contribution is 2.28. The summed E-state index contributed by atoms with van der Waals surface area (Å²) in [5, 5.41) is 3.46. The van der Waals surface area contributed by atoms with Crippen LogP contribution in [0.2, 0.25) is 0 Å². The van der Waals surface area contributed by atoms with E-state index in [0.717, 1.165) is 39.4 Å². The predicted octanol–water partition coefficient (Wildman–Crippen LogP) is 5.49. The second-order valence-corrected chi connectivity index (χ2v) is 9.10. The van der Waals surface area contributed by atoms with Gasteiger partial charge in [-0.05, 0) is 28.8 Å². The molecular formula is C27H24N2O3S. The van der Waals surface area contributed by atoms with Crippen molar-refractivity contribution in [1.82, 2.24) is 9.88 Å². The van der Waals surface area contributed by atoms with E-state index in [1.165, 1.54) is 0 Å². The highest BCUT2D eigenvalue weighted by Gasteiger charge is 2.31. The number of nitrogens with zero attached hydrogens (tertiary/aromatic N) is 1. The molecule has 0 bridgehead atoms. The van der Waals surface area contributed by atoms with E-state index < -0.39 is 6.04 Å². The van der Waals surface area contributed by atoms with Gasteiger partial charge in [0.25, 0.3) is 5.24 Å². The third kappa shape index (κ3) is 4.87. The van der Waals surface area contributed by atoms with Crippen LogP contribution >= 0.6 is 11.8 Å². The Morgan fingerprint density at radius 2 is 1.67 bits per heavy atom. The van der Waals surface area contributed by atoms with Crippen molar-refractivity contribution in [3.8, 4) is 0 Å². The molecule has 1 aromatic heterocycles. The summed E-state index contributed by atoms with van der Waals surface area (Å²) in [6, 6.07) is 28.2.